The normalized spacial score (nSPS) is 11.2. The number of para-hydroxylation sites is 2. The lowest BCUT2D eigenvalue weighted by Crippen LogP contribution is -2.11. The minimum atomic E-state index is 1.08. The zero-order chi connectivity index (χ0) is 37.3. The van der Waals surface area contributed by atoms with Crippen LogP contribution in [-0.4, -0.2) is 4.57 Å². The predicted molar refractivity (Wildman–Crippen MR) is 237 cm³/mol. The summed E-state index contributed by atoms with van der Waals surface area (Å²) in [5.74, 6) is 0. The smallest absolute Gasteiger partial charge is 0.0562 e. The summed E-state index contributed by atoms with van der Waals surface area (Å²) >= 11 is 0. The van der Waals surface area contributed by atoms with Gasteiger partial charge in [0.25, 0.3) is 0 Å². The first-order valence-electron chi connectivity index (χ1n) is 19.2. The second-order valence-corrected chi connectivity index (χ2v) is 14.1. The highest BCUT2D eigenvalue weighted by Gasteiger charge is 2.21. The van der Waals surface area contributed by atoms with Crippen molar-refractivity contribution in [3.05, 3.63) is 231 Å². The van der Waals surface area contributed by atoms with Gasteiger partial charge in [0.05, 0.1) is 22.4 Å². The van der Waals surface area contributed by atoms with Gasteiger partial charge < -0.3 is 9.47 Å². The van der Waals surface area contributed by atoms with Gasteiger partial charge in [0.1, 0.15) is 0 Å². The Bertz CT molecular complexity index is 2930. The summed E-state index contributed by atoms with van der Waals surface area (Å²) in [6, 6.07) is 83.1. The van der Waals surface area contributed by atoms with Crippen LogP contribution in [0.2, 0.25) is 0 Å². The molecule has 0 atom stereocenters. The number of hydrogen-bond donors (Lipinski definition) is 0. The number of nitrogens with zero attached hydrogens (tertiary/aromatic N) is 2. The summed E-state index contributed by atoms with van der Waals surface area (Å²) < 4.78 is 2.47. The molecule has 0 bridgehead atoms. The van der Waals surface area contributed by atoms with E-state index in [1.807, 2.05) is 0 Å². The third-order valence-electron chi connectivity index (χ3n) is 10.8. The maximum Gasteiger partial charge on any atom is 0.0562 e. The Morgan fingerprint density at radius 1 is 0.286 bits per heavy atom. The van der Waals surface area contributed by atoms with Crippen molar-refractivity contribution in [2.24, 2.45) is 0 Å². The monoisotopic (exact) mass is 714 g/mol. The van der Waals surface area contributed by atoms with Crippen molar-refractivity contribution < 1.29 is 0 Å². The molecule has 0 radical (unpaired) electrons. The van der Waals surface area contributed by atoms with Crippen molar-refractivity contribution in [2.45, 2.75) is 0 Å². The van der Waals surface area contributed by atoms with Gasteiger partial charge in [0.15, 0.2) is 0 Å². The Labute approximate surface area is 327 Å². The van der Waals surface area contributed by atoms with E-state index in [0.717, 1.165) is 28.3 Å². The predicted octanol–water partition coefficient (Wildman–Crippen LogP) is 14.9. The third-order valence-corrected chi connectivity index (χ3v) is 10.8. The van der Waals surface area contributed by atoms with Crippen LogP contribution in [0.25, 0.3) is 72.0 Å². The fraction of sp³-hybridized carbons (Fsp3) is 0. The maximum atomic E-state index is 2.47. The van der Waals surface area contributed by atoms with Crippen molar-refractivity contribution in [3.8, 4) is 50.2 Å². The number of rotatable bonds is 8. The van der Waals surface area contributed by atoms with Crippen LogP contribution in [0.5, 0.6) is 0 Å². The lowest BCUT2D eigenvalue weighted by molar-refractivity contribution is 1.18. The Kier molecular flexibility index (Phi) is 8.55. The third kappa shape index (κ3) is 6.04. The Hall–Kier alpha value is -7.42. The largest absolute Gasteiger partial charge is 0.310 e. The van der Waals surface area contributed by atoms with Crippen LogP contribution in [0, 0.1) is 0 Å². The molecule has 0 aliphatic rings. The van der Waals surface area contributed by atoms with E-state index in [9.17, 15) is 0 Å². The number of fused-ring (bicyclic) bond motifs is 3. The molecule has 0 aliphatic heterocycles. The molecule has 0 aliphatic carbocycles. The molecule has 1 aromatic heterocycles. The lowest BCUT2D eigenvalue weighted by atomic mass is 9.98. The van der Waals surface area contributed by atoms with Crippen molar-refractivity contribution in [1.82, 2.24) is 4.57 Å². The summed E-state index contributed by atoms with van der Waals surface area (Å²) in [6.07, 6.45) is 0. The average molecular weight is 715 g/mol. The van der Waals surface area contributed by atoms with Crippen LogP contribution in [0.15, 0.2) is 231 Å². The molecule has 0 saturated heterocycles. The summed E-state index contributed by atoms with van der Waals surface area (Å²) in [5, 5.41) is 2.44. The van der Waals surface area contributed by atoms with Gasteiger partial charge in [-0.2, -0.15) is 0 Å². The van der Waals surface area contributed by atoms with E-state index in [4.69, 9.17) is 0 Å². The highest BCUT2D eigenvalue weighted by Crippen LogP contribution is 2.44. The van der Waals surface area contributed by atoms with E-state index in [2.05, 4.69) is 240 Å². The minimum Gasteiger partial charge on any atom is -0.310 e. The zero-order valence-electron chi connectivity index (χ0n) is 30.8. The number of hydrogen-bond acceptors (Lipinski definition) is 1. The van der Waals surface area contributed by atoms with Crippen LogP contribution < -0.4 is 4.90 Å². The second kappa shape index (κ2) is 14.4. The summed E-state index contributed by atoms with van der Waals surface area (Å²) in [4.78, 5) is 2.41. The van der Waals surface area contributed by atoms with E-state index in [1.54, 1.807) is 0 Å². The topological polar surface area (TPSA) is 8.17 Å². The maximum absolute atomic E-state index is 2.47. The van der Waals surface area contributed by atoms with Crippen molar-refractivity contribution in [1.29, 1.82) is 0 Å². The molecule has 2 heteroatoms. The number of anilines is 3. The van der Waals surface area contributed by atoms with Crippen LogP contribution in [0.1, 0.15) is 0 Å². The Morgan fingerprint density at radius 2 is 0.768 bits per heavy atom. The van der Waals surface area contributed by atoms with Gasteiger partial charge in [-0.3, -0.25) is 0 Å². The fourth-order valence-corrected chi connectivity index (χ4v) is 8.14. The molecule has 0 saturated carbocycles. The standard InChI is InChI=1S/C54H38N2/c1-5-17-39(18-6-1)41-29-32-45(33-30-41)55(51-27-15-13-25-47(51)42-21-9-3-10-22-42)46-34-36-50-49-26-14-16-28-52(49)56(54(50)38-46)53-37-44(40-19-7-2-8-20-40)31-35-48(53)43-23-11-4-12-24-43/h1-38H. The molecule has 0 amide bonds. The molecule has 10 rings (SSSR count). The lowest BCUT2D eigenvalue weighted by Gasteiger charge is -2.28. The van der Waals surface area contributed by atoms with Gasteiger partial charge in [0.2, 0.25) is 0 Å². The molecule has 1 heterocycles. The van der Waals surface area contributed by atoms with E-state index in [0.29, 0.717) is 0 Å². The highest BCUT2D eigenvalue weighted by molar-refractivity contribution is 6.11. The van der Waals surface area contributed by atoms with Gasteiger partial charge in [-0.25, -0.2) is 0 Å². The van der Waals surface area contributed by atoms with Crippen LogP contribution in [0.4, 0.5) is 17.1 Å². The van der Waals surface area contributed by atoms with E-state index < -0.39 is 0 Å². The van der Waals surface area contributed by atoms with Gasteiger partial charge in [0, 0.05) is 33.3 Å². The summed E-state index contributed by atoms with van der Waals surface area (Å²) in [6.45, 7) is 0. The average Bonchev–Trinajstić information content (AvgIpc) is 3.61. The molecule has 264 valence electrons. The fourth-order valence-electron chi connectivity index (χ4n) is 8.14. The molecule has 0 spiro atoms. The Morgan fingerprint density at radius 3 is 1.45 bits per heavy atom. The number of aromatic nitrogens is 1. The number of benzene rings is 9. The Balaban J connectivity index is 1.23. The molecule has 0 N–H and O–H groups in total. The van der Waals surface area contributed by atoms with Crippen LogP contribution in [0.3, 0.4) is 0 Å². The molecule has 0 unspecified atom stereocenters. The van der Waals surface area contributed by atoms with E-state index >= 15 is 0 Å². The zero-order valence-corrected chi connectivity index (χ0v) is 30.8. The van der Waals surface area contributed by atoms with Gasteiger partial charge in [-0.15, -0.1) is 0 Å². The van der Waals surface area contributed by atoms with Crippen LogP contribution >= 0.6 is 0 Å². The summed E-state index contributed by atoms with van der Waals surface area (Å²) in [5.41, 5.74) is 16.2. The quantitative estimate of drug-likeness (QED) is 0.152. The highest BCUT2D eigenvalue weighted by atomic mass is 15.1. The first-order valence-corrected chi connectivity index (χ1v) is 19.2. The molecule has 9 aromatic carbocycles. The second-order valence-electron chi connectivity index (χ2n) is 14.1. The van der Waals surface area contributed by atoms with Crippen molar-refractivity contribution in [3.63, 3.8) is 0 Å². The van der Waals surface area contributed by atoms with Gasteiger partial charge >= 0.3 is 0 Å². The van der Waals surface area contributed by atoms with E-state index in [-0.39, 0.29) is 0 Å². The molecular formula is C54H38N2. The minimum absolute atomic E-state index is 1.08. The molecule has 56 heavy (non-hydrogen) atoms. The van der Waals surface area contributed by atoms with Gasteiger partial charge in [-0.05, 0) is 75.8 Å². The SMILES string of the molecule is c1ccc(-c2ccc(N(c3ccc4c5ccccc5n(-c5cc(-c6ccccc6)ccc5-c5ccccc5)c4c3)c3ccccc3-c3ccccc3)cc2)cc1. The molecule has 0 fully saturated rings. The molecular weight excluding hydrogens is 677 g/mol. The molecule has 10 aromatic rings. The van der Waals surface area contributed by atoms with Crippen molar-refractivity contribution >= 4 is 38.9 Å². The summed E-state index contributed by atoms with van der Waals surface area (Å²) in [7, 11) is 0. The molecule has 2 nitrogen and oxygen atoms in total. The van der Waals surface area contributed by atoms with Crippen molar-refractivity contribution in [2.75, 3.05) is 4.90 Å². The first-order chi connectivity index (χ1) is 27.8. The first kappa shape index (κ1) is 33.2. The van der Waals surface area contributed by atoms with E-state index in [1.165, 1.54) is 60.8 Å². The van der Waals surface area contributed by atoms with Gasteiger partial charge in [-0.1, -0.05) is 188 Å². The van der Waals surface area contributed by atoms with Crippen LogP contribution in [-0.2, 0) is 0 Å².